The fourth-order valence-electron chi connectivity index (χ4n) is 1.44. The van der Waals surface area contributed by atoms with Crippen molar-refractivity contribution in [1.29, 1.82) is 0 Å². The van der Waals surface area contributed by atoms with E-state index in [-0.39, 0.29) is 6.42 Å². The Hall–Kier alpha value is -1.10. The summed E-state index contributed by atoms with van der Waals surface area (Å²) in [5.41, 5.74) is 0.653. The zero-order valence-electron chi connectivity index (χ0n) is 9.72. The minimum atomic E-state index is -0.985. The maximum absolute atomic E-state index is 11.3. The molecule has 94 valence electrons. The van der Waals surface area contributed by atoms with Crippen molar-refractivity contribution >= 4 is 17.6 Å². The highest BCUT2D eigenvalue weighted by Gasteiger charge is 2.21. The van der Waals surface area contributed by atoms with Crippen molar-refractivity contribution in [3.05, 3.63) is 34.9 Å². The lowest BCUT2D eigenvalue weighted by molar-refractivity contribution is -0.155. The van der Waals surface area contributed by atoms with Crippen molar-refractivity contribution in [3.63, 3.8) is 0 Å². The quantitative estimate of drug-likeness (QED) is 0.650. The summed E-state index contributed by atoms with van der Waals surface area (Å²) < 4.78 is 9.84. The number of rotatable bonds is 5. The van der Waals surface area contributed by atoms with Crippen LogP contribution < -0.4 is 0 Å². The van der Waals surface area contributed by atoms with Gasteiger partial charge in [0.25, 0.3) is 0 Å². The second kappa shape index (κ2) is 6.59. The Labute approximate surface area is 105 Å². The molecule has 1 aromatic rings. The van der Waals surface area contributed by atoms with E-state index in [0.29, 0.717) is 10.6 Å². The number of ether oxygens (including phenoxy) is 2. The predicted molar refractivity (Wildman–Crippen MR) is 63.6 cm³/mol. The van der Waals surface area contributed by atoms with E-state index in [1.165, 1.54) is 14.0 Å². The summed E-state index contributed by atoms with van der Waals surface area (Å²) in [6.07, 6.45) is -1.59. The van der Waals surface area contributed by atoms with Crippen LogP contribution in [0.1, 0.15) is 25.0 Å². The van der Waals surface area contributed by atoms with Gasteiger partial charge >= 0.3 is 5.97 Å². The van der Waals surface area contributed by atoms with E-state index in [1.54, 1.807) is 24.3 Å². The topological polar surface area (TPSA) is 55.8 Å². The molecule has 17 heavy (non-hydrogen) atoms. The van der Waals surface area contributed by atoms with Crippen LogP contribution in [0, 0.1) is 0 Å². The van der Waals surface area contributed by atoms with Crippen LogP contribution in [0.4, 0.5) is 0 Å². The average molecular weight is 259 g/mol. The van der Waals surface area contributed by atoms with Gasteiger partial charge in [-0.3, -0.25) is 4.79 Å². The molecule has 2 atom stereocenters. The molecular weight excluding hydrogens is 244 g/mol. The molecule has 0 amide bonds. The molecule has 1 aromatic carbocycles. The minimum absolute atomic E-state index is 0.00509. The van der Waals surface area contributed by atoms with Gasteiger partial charge in [0.1, 0.15) is 0 Å². The van der Waals surface area contributed by atoms with Gasteiger partial charge < -0.3 is 14.6 Å². The molecule has 0 bridgehead atoms. The standard InChI is InChI=1S/C12H15ClO4/c1-8(14)17-11(7-12(15)16-2)9-5-3-4-6-10(9)13/h3-6,8,11,14H,7H2,1-2H3/t8-,11?/m1/s1. The highest BCUT2D eigenvalue weighted by molar-refractivity contribution is 6.31. The van der Waals surface area contributed by atoms with Gasteiger partial charge in [-0.1, -0.05) is 29.8 Å². The summed E-state index contributed by atoms with van der Waals surface area (Å²) in [6, 6.07) is 7.02. The van der Waals surface area contributed by atoms with Crippen molar-refractivity contribution in [1.82, 2.24) is 0 Å². The third-order valence-corrected chi connectivity index (χ3v) is 2.54. The number of benzene rings is 1. The van der Waals surface area contributed by atoms with Gasteiger partial charge in [-0.2, -0.15) is 0 Å². The van der Waals surface area contributed by atoms with E-state index in [2.05, 4.69) is 4.74 Å². The first-order valence-electron chi connectivity index (χ1n) is 5.19. The number of methoxy groups -OCH3 is 1. The fourth-order valence-corrected chi connectivity index (χ4v) is 1.70. The Balaban J connectivity index is 2.89. The first-order valence-corrected chi connectivity index (χ1v) is 5.57. The van der Waals surface area contributed by atoms with Crippen molar-refractivity contribution < 1.29 is 19.4 Å². The molecule has 0 fully saturated rings. The lowest BCUT2D eigenvalue weighted by Gasteiger charge is -2.20. The first-order chi connectivity index (χ1) is 8.04. The molecule has 0 saturated carbocycles. The summed E-state index contributed by atoms with van der Waals surface area (Å²) in [6.45, 7) is 1.47. The van der Waals surface area contributed by atoms with Crippen LogP contribution in [0.2, 0.25) is 5.02 Å². The van der Waals surface area contributed by atoms with Crippen LogP contribution >= 0.6 is 11.6 Å². The lowest BCUT2D eigenvalue weighted by Crippen LogP contribution is -2.17. The van der Waals surface area contributed by atoms with E-state index in [0.717, 1.165) is 0 Å². The molecule has 0 aliphatic rings. The molecule has 4 nitrogen and oxygen atoms in total. The van der Waals surface area contributed by atoms with Crippen LogP contribution in [-0.4, -0.2) is 24.5 Å². The van der Waals surface area contributed by atoms with Gasteiger partial charge in [0.05, 0.1) is 19.6 Å². The molecule has 0 aliphatic heterocycles. The Morgan fingerprint density at radius 3 is 2.65 bits per heavy atom. The summed E-state index contributed by atoms with van der Waals surface area (Å²) in [4.78, 5) is 11.3. The minimum Gasteiger partial charge on any atom is -0.469 e. The van der Waals surface area contributed by atoms with E-state index < -0.39 is 18.4 Å². The number of aliphatic hydroxyl groups is 1. The molecule has 0 saturated heterocycles. The van der Waals surface area contributed by atoms with Crippen molar-refractivity contribution in [2.24, 2.45) is 0 Å². The number of carbonyl (C=O) groups excluding carboxylic acids is 1. The molecular formula is C12H15ClO4. The zero-order chi connectivity index (χ0) is 12.8. The molecule has 0 aliphatic carbocycles. The van der Waals surface area contributed by atoms with Crippen molar-refractivity contribution in [2.45, 2.75) is 25.7 Å². The van der Waals surface area contributed by atoms with Gasteiger partial charge in [0.2, 0.25) is 0 Å². The number of esters is 1. The molecule has 1 N–H and O–H groups in total. The van der Waals surface area contributed by atoms with Gasteiger partial charge in [-0.05, 0) is 13.0 Å². The highest BCUT2D eigenvalue weighted by atomic mass is 35.5. The summed E-state index contributed by atoms with van der Waals surface area (Å²) in [5, 5.41) is 9.73. The monoisotopic (exact) mass is 258 g/mol. The Morgan fingerprint density at radius 1 is 1.47 bits per heavy atom. The summed E-state index contributed by atoms with van der Waals surface area (Å²) in [5.74, 6) is -0.421. The number of hydrogen-bond donors (Lipinski definition) is 1. The van der Waals surface area contributed by atoms with Crippen LogP contribution in [0.25, 0.3) is 0 Å². The van der Waals surface area contributed by atoms with Gasteiger partial charge in [-0.25, -0.2) is 0 Å². The molecule has 1 rings (SSSR count). The SMILES string of the molecule is COC(=O)CC(O[C@H](C)O)c1ccccc1Cl. The van der Waals surface area contributed by atoms with Crippen molar-refractivity contribution in [3.8, 4) is 0 Å². The molecule has 0 heterocycles. The number of aliphatic hydroxyl groups excluding tert-OH is 1. The van der Waals surface area contributed by atoms with Crippen LogP contribution in [0.3, 0.4) is 0 Å². The van der Waals surface area contributed by atoms with Crippen molar-refractivity contribution in [2.75, 3.05) is 7.11 Å². The largest absolute Gasteiger partial charge is 0.469 e. The fraction of sp³-hybridized carbons (Fsp3) is 0.417. The summed E-state index contributed by atoms with van der Waals surface area (Å²) >= 11 is 6.02. The van der Waals surface area contributed by atoms with Crippen LogP contribution in [-0.2, 0) is 14.3 Å². The van der Waals surface area contributed by atoms with E-state index in [1.807, 2.05) is 0 Å². The van der Waals surface area contributed by atoms with E-state index in [9.17, 15) is 9.90 Å². The van der Waals surface area contributed by atoms with Gasteiger partial charge in [-0.15, -0.1) is 0 Å². The average Bonchev–Trinajstić information content (AvgIpc) is 2.28. The highest BCUT2D eigenvalue weighted by Crippen LogP contribution is 2.29. The van der Waals surface area contributed by atoms with E-state index >= 15 is 0 Å². The third kappa shape index (κ3) is 4.34. The molecule has 5 heteroatoms. The van der Waals surface area contributed by atoms with Gasteiger partial charge in [0.15, 0.2) is 6.29 Å². The van der Waals surface area contributed by atoms with Crippen LogP contribution in [0.15, 0.2) is 24.3 Å². The normalized spacial score (nSPS) is 14.1. The number of carbonyl (C=O) groups is 1. The Kier molecular flexibility index (Phi) is 5.41. The number of hydrogen-bond acceptors (Lipinski definition) is 4. The maximum Gasteiger partial charge on any atom is 0.308 e. The maximum atomic E-state index is 11.3. The summed E-state index contributed by atoms with van der Waals surface area (Å²) in [7, 11) is 1.30. The Bertz CT molecular complexity index is 379. The molecule has 0 radical (unpaired) electrons. The predicted octanol–water partition coefficient (Wildman–Crippen LogP) is 2.30. The van der Waals surface area contributed by atoms with Crippen LogP contribution in [0.5, 0.6) is 0 Å². The Morgan fingerprint density at radius 2 is 2.12 bits per heavy atom. The molecule has 1 unspecified atom stereocenters. The smallest absolute Gasteiger partial charge is 0.308 e. The van der Waals surface area contributed by atoms with Gasteiger partial charge in [0, 0.05) is 10.6 Å². The second-order valence-corrected chi connectivity index (χ2v) is 3.93. The molecule has 0 spiro atoms. The number of halogens is 1. The molecule has 0 aromatic heterocycles. The first kappa shape index (κ1) is 14.0. The van der Waals surface area contributed by atoms with E-state index in [4.69, 9.17) is 16.3 Å². The zero-order valence-corrected chi connectivity index (χ0v) is 10.5. The second-order valence-electron chi connectivity index (χ2n) is 3.53. The third-order valence-electron chi connectivity index (χ3n) is 2.19. The lowest BCUT2D eigenvalue weighted by atomic mass is 10.1.